The summed E-state index contributed by atoms with van der Waals surface area (Å²) >= 11 is 0. The molecule has 0 atom stereocenters. The fourth-order valence-electron chi connectivity index (χ4n) is 3.49. The normalized spacial score (nSPS) is 17.9. The Hall–Kier alpha value is -2.55. The van der Waals surface area contributed by atoms with Gasteiger partial charge in [-0.05, 0) is 38.5 Å². The number of aromatic nitrogens is 2. The highest BCUT2D eigenvalue weighted by molar-refractivity contribution is 6.14. The van der Waals surface area contributed by atoms with Crippen molar-refractivity contribution in [3.8, 4) is 0 Å². The lowest BCUT2D eigenvalue weighted by atomic mass is 9.65. The van der Waals surface area contributed by atoms with E-state index in [9.17, 15) is 0 Å². The van der Waals surface area contributed by atoms with Crippen molar-refractivity contribution in [2.24, 2.45) is 4.99 Å². The first-order valence-electron chi connectivity index (χ1n) is 8.74. The van der Waals surface area contributed by atoms with E-state index in [0.29, 0.717) is 0 Å². The Morgan fingerprint density at radius 1 is 0.840 bits per heavy atom. The summed E-state index contributed by atoms with van der Waals surface area (Å²) in [5.41, 5.74) is 6.18. The highest BCUT2D eigenvalue weighted by Gasteiger charge is 2.44. The zero-order chi connectivity index (χ0) is 17.8. The number of hydrogen-bond donors (Lipinski definition) is 0. The third-order valence-corrected chi connectivity index (χ3v) is 5.76. The number of rotatable bonds is 1. The van der Waals surface area contributed by atoms with Crippen LogP contribution in [0.25, 0.3) is 10.9 Å². The molecule has 1 aliphatic heterocycles. The fraction of sp³-hybridized carbons (Fsp3) is 0.318. The zero-order valence-corrected chi connectivity index (χ0v) is 15.5. The van der Waals surface area contributed by atoms with Gasteiger partial charge in [0, 0.05) is 16.4 Å². The van der Waals surface area contributed by atoms with E-state index in [-0.39, 0.29) is 11.0 Å². The van der Waals surface area contributed by atoms with Gasteiger partial charge in [-0.3, -0.25) is 4.99 Å². The van der Waals surface area contributed by atoms with Gasteiger partial charge in [0.2, 0.25) is 0 Å². The maximum atomic E-state index is 5.13. The molecule has 0 unspecified atom stereocenters. The molecule has 0 fully saturated rings. The number of fused-ring (bicyclic) bond motifs is 2. The third-order valence-electron chi connectivity index (χ3n) is 5.76. The van der Waals surface area contributed by atoms with Crippen LogP contribution in [0.1, 0.15) is 50.1 Å². The van der Waals surface area contributed by atoms with Gasteiger partial charge in [-0.1, -0.05) is 55.8 Å². The van der Waals surface area contributed by atoms with Gasteiger partial charge >= 0.3 is 0 Å². The molecule has 3 nitrogen and oxygen atoms in total. The lowest BCUT2D eigenvalue weighted by molar-refractivity contribution is 0.303. The number of aliphatic imine (C=N–C) groups is 1. The van der Waals surface area contributed by atoms with Crippen LogP contribution in [0, 0.1) is 6.92 Å². The highest BCUT2D eigenvalue weighted by atomic mass is 15.1. The van der Waals surface area contributed by atoms with E-state index in [0.717, 1.165) is 22.3 Å². The minimum absolute atomic E-state index is 0.0534. The summed E-state index contributed by atoms with van der Waals surface area (Å²) in [6, 6.07) is 16.8. The predicted molar refractivity (Wildman–Crippen MR) is 103 cm³/mol. The molecule has 0 saturated heterocycles. The zero-order valence-electron chi connectivity index (χ0n) is 15.5. The van der Waals surface area contributed by atoms with Gasteiger partial charge < -0.3 is 0 Å². The summed E-state index contributed by atoms with van der Waals surface area (Å²) in [5, 5.41) is 9.97. The first-order chi connectivity index (χ1) is 11.8. The minimum atomic E-state index is -0.226. The van der Waals surface area contributed by atoms with Crippen LogP contribution >= 0.6 is 0 Å². The quantitative estimate of drug-likeness (QED) is 0.640. The molecule has 0 saturated carbocycles. The van der Waals surface area contributed by atoms with Crippen molar-refractivity contribution in [1.29, 1.82) is 0 Å². The van der Waals surface area contributed by atoms with Crippen LogP contribution < -0.4 is 0 Å². The third kappa shape index (κ3) is 2.38. The van der Waals surface area contributed by atoms with Crippen molar-refractivity contribution in [1.82, 2.24) is 10.2 Å². The van der Waals surface area contributed by atoms with Crippen molar-refractivity contribution < 1.29 is 0 Å². The summed E-state index contributed by atoms with van der Waals surface area (Å²) < 4.78 is 0. The number of hydrogen-bond acceptors (Lipinski definition) is 3. The Bertz CT molecular complexity index is 1010. The van der Waals surface area contributed by atoms with E-state index >= 15 is 0 Å². The molecule has 0 aliphatic carbocycles. The summed E-state index contributed by atoms with van der Waals surface area (Å²) in [6.45, 7) is 11.1. The van der Waals surface area contributed by atoms with Gasteiger partial charge in [0.05, 0.1) is 16.8 Å². The van der Waals surface area contributed by atoms with Crippen LogP contribution in [0.5, 0.6) is 0 Å². The van der Waals surface area contributed by atoms with Crippen LogP contribution in [0.15, 0.2) is 53.5 Å². The summed E-state index contributed by atoms with van der Waals surface area (Å²) in [5.74, 6) is 0. The topological polar surface area (TPSA) is 38.1 Å². The molecular formula is C22H23N3. The molecule has 0 amide bonds. The van der Waals surface area contributed by atoms with Gasteiger partial charge in [0.25, 0.3) is 0 Å². The second-order valence-electron chi connectivity index (χ2n) is 7.98. The van der Waals surface area contributed by atoms with E-state index in [4.69, 9.17) is 4.99 Å². The van der Waals surface area contributed by atoms with Gasteiger partial charge in [-0.2, -0.15) is 0 Å². The van der Waals surface area contributed by atoms with Crippen LogP contribution in [0.3, 0.4) is 0 Å². The van der Waals surface area contributed by atoms with Crippen LogP contribution in [0.2, 0.25) is 0 Å². The molecule has 2 heterocycles. The first-order valence-corrected chi connectivity index (χ1v) is 8.74. The van der Waals surface area contributed by atoms with E-state index in [2.05, 4.69) is 75.1 Å². The van der Waals surface area contributed by atoms with E-state index in [1.165, 1.54) is 16.7 Å². The predicted octanol–water partition coefficient (Wildman–Crippen LogP) is 4.85. The van der Waals surface area contributed by atoms with Crippen molar-refractivity contribution in [2.75, 3.05) is 0 Å². The number of aryl methyl sites for hydroxylation is 1. The lowest BCUT2D eigenvalue weighted by Gasteiger charge is -2.44. The molecule has 0 spiro atoms. The Labute approximate surface area is 148 Å². The van der Waals surface area contributed by atoms with Gasteiger partial charge in [0.15, 0.2) is 0 Å². The average molecular weight is 329 g/mol. The molecular weight excluding hydrogens is 306 g/mol. The molecule has 3 aromatic rings. The van der Waals surface area contributed by atoms with Gasteiger partial charge in [-0.25, -0.2) is 0 Å². The smallest absolute Gasteiger partial charge is 0.112 e. The van der Waals surface area contributed by atoms with Crippen molar-refractivity contribution in [3.05, 3.63) is 70.9 Å². The molecule has 3 heteroatoms. The minimum Gasteiger partial charge on any atom is -0.275 e. The Kier molecular flexibility index (Phi) is 3.33. The maximum absolute atomic E-state index is 5.13. The average Bonchev–Trinajstić information content (AvgIpc) is 2.58. The molecule has 0 N–H and O–H groups in total. The number of benzene rings is 2. The second kappa shape index (κ2) is 5.22. The summed E-state index contributed by atoms with van der Waals surface area (Å²) in [7, 11) is 0. The first kappa shape index (κ1) is 15.9. The Morgan fingerprint density at radius 2 is 1.60 bits per heavy atom. The van der Waals surface area contributed by atoms with Gasteiger partial charge in [0.1, 0.15) is 5.69 Å². The monoisotopic (exact) mass is 329 g/mol. The van der Waals surface area contributed by atoms with E-state index in [1.807, 2.05) is 18.2 Å². The molecule has 126 valence electrons. The molecule has 1 aliphatic rings. The maximum Gasteiger partial charge on any atom is 0.112 e. The van der Waals surface area contributed by atoms with Crippen LogP contribution in [0.4, 0.5) is 0 Å². The van der Waals surface area contributed by atoms with Crippen LogP contribution in [-0.2, 0) is 5.41 Å². The standard InChI is InChI=1S/C22H23N3/c1-14-10-11-16-17(12-14)21(2,3)22(4,5)23-20(16)19-13-15-8-6-7-9-18(15)24-25-19/h6-13H,1-5H3. The molecule has 4 rings (SSSR count). The molecule has 2 aromatic carbocycles. The van der Waals surface area contributed by atoms with E-state index < -0.39 is 0 Å². The van der Waals surface area contributed by atoms with E-state index in [1.54, 1.807) is 0 Å². The van der Waals surface area contributed by atoms with Crippen molar-refractivity contribution in [3.63, 3.8) is 0 Å². The SMILES string of the molecule is Cc1ccc2c(c1)C(C)(C)C(C)(C)N=C2c1cc2ccccc2nn1. The second-order valence-corrected chi connectivity index (χ2v) is 7.98. The molecule has 1 aromatic heterocycles. The summed E-state index contributed by atoms with van der Waals surface area (Å²) in [6.07, 6.45) is 0. The molecule has 0 radical (unpaired) electrons. The Balaban J connectivity index is 1.98. The largest absolute Gasteiger partial charge is 0.275 e. The van der Waals surface area contributed by atoms with Crippen molar-refractivity contribution in [2.45, 2.75) is 45.6 Å². The number of nitrogens with zero attached hydrogens (tertiary/aromatic N) is 3. The highest BCUT2D eigenvalue weighted by Crippen LogP contribution is 2.44. The fourth-order valence-corrected chi connectivity index (χ4v) is 3.49. The Morgan fingerprint density at radius 3 is 2.40 bits per heavy atom. The molecule has 0 bridgehead atoms. The lowest BCUT2D eigenvalue weighted by Crippen LogP contribution is -2.46. The summed E-state index contributed by atoms with van der Waals surface area (Å²) in [4.78, 5) is 5.13. The van der Waals surface area contributed by atoms with Crippen LogP contribution in [-0.4, -0.2) is 21.4 Å². The molecule has 25 heavy (non-hydrogen) atoms. The van der Waals surface area contributed by atoms with Gasteiger partial charge in [-0.15, -0.1) is 10.2 Å². The van der Waals surface area contributed by atoms with Crippen molar-refractivity contribution >= 4 is 16.6 Å².